The summed E-state index contributed by atoms with van der Waals surface area (Å²) in [4.78, 5) is 17.4. The minimum Gasteiger partial charge on any atom is -0.497 e. The van der Waals surface area contributed by atoms with Gasteiger partial charge in [0.2, 0.25) is 10.0 Å². The lowest BCUT2D eigenvalue weighted by atomic mass is 10.2. The van der Waals surface area contributed by atoms with Crippen LogP contribution in [0, 0.1) is 0 Å². The molecule has 10 heteroatoms. The second-order valence-corrected chi connectivity index (χ2v) is 10.5. The SMILES string of the molecule is COc1ccc(-c2csc(NC(=O)c3cc(S(=O)(=O)N4CCCCC4)ccc3Cl)n2)cc1. The Labute approximate surface area is 196 Å². The number of nitrogens with one attached hydrogen (secondary N) is 1. The van der Waals surface area contributed by atoms with Crippen molar-refractivity contribution in [3.63, 3.8) is 0 Å². The molecular formula is C22H22ClN3O4S2. The molecule has 1 aliphatic heterocycles. The number of rotatable bonds is 6. The molecule has 1 aliphatic rings. The molecule has 3 aromatic rings. The van der Waals surface area contributed by atoms with E-state index < -0.39 is 15.9 Å². The van der Waals surface area contributed by atoms with Gasteiger partial charge in [0, 0.05) is 24.0 Å². The number of halogens is 1. The van der Waals surface area contributed by atoms with Crippen molar-refractivity contribution in [2.45, 2.75) is 24.2 Å². The molecule has 32 heavy (non-hydrogen) atoms. The number of ether oxygens (including phenoxy) is 1. The van der Waals surface area contributed by atoms with Gasteiger partial charge in [-0.25, -0.2) is 13.4 Å². The van der Waals surface area contributed by atoms with Crippen LogP contribution >= 0.6 is 22.9 Å². The first-order valence-electron chi connectivity index (χ1n) is 10.1. The normalized spacial score (nSPS) is 14.8. The first kappa shape index (κ1) is 22.7. The van der Waals surface area contributed by atoms with Crippen molar-refractivity contribution in [1.29, 1.82) is 0 Å². The van der Waals surface area contributed by atoms with Crippen LogP contribution in [-0.4, -0.2) is 43.8 Å². The molecule has 168 valence electrons. The van der Waals surface area contributed by atoms with Crippen LogP contribution < -0.4 is 10.1 Å². The minimum atomic E-state index is -3.67. The Morgan fingerprint density at radius 2 is 1.84 bits per heavy atom. The molecule has 1 aromatic heterocycles. The smallest absolute Gasteiger partial charge is 0.259 e. The number of aromatic nitrogens is 1. The Bertz CT molecular complexity index is 1220. The number of carbonyl (C=O) groups excluding carboxylic acids is 1. The van der Waals surface area contributed by atoms with E-state index in [0.29, 0.717) is 23.9 Å². The molecule has 2 heterocycles. The van der Waals surface area contributed by atoms with Crippen molar-refractivity contribution in [2.24, 2.45) is 0 Å². The van der Waals surface area contributed by atoms with Crippen LogP contribution in [0.1, 0.15) is 29.6 Å². The lowest BCUT2D eigenvalue weighted by molar-refractivity contribution is 0.102. The Morgan fingerprint density at radius 3 is 2.53 bits per heavy atom. The molecule has 1 amide bonds. The zero-order valence-electron chi connectivity index (χ0n) is 17.4. The fourth-order valence-electron chi connectivity index (χ4n) is 3.48. The number of sulfonamides is 1. The molecular weight excluding hydrogens is 470 g/mol. The molecule has 0 saturated carbocycles. The first-order valence-corrected chi connectivity index (χ1v) is 12.8. The molecule has 1 fully saturated rings. The van der Waals surface area contributed by atoms with E-state index in [1.54, 1.807) is 7.11 Å². The van der Waals surface area contributed by atoms with Crippen LogP contribution in [0.3, 0.4) is 0 Å². The highest BCUT2D eigenvalue weighted by Gasteiger charge is 2.27. The molecule has 4 rings (SSSR count). The largest absolute Gasteiger partial charge is 0.497 e. The van der Waals surface area contributed by atoms with Crippen molar-refractivity contribution < 1.29 is 17.9 Å². The van der Waals surface area contributed by atoms with Gasteiger partial charge < -0.3 is 4.74 Å². The highest BCUT2D eigenvalue weighted by atomic mass is 35.5. The molecule has 0 radical (unpaired) electrons. The fourth-order valence-corrected chi connectivity index (χ4v) is 5.95. The molecule has 2 aromatic carbocycles. The lowest BCUT2D eigenvalue weighted by Gasteiger charge is -2.26. The molecule has 7 nitrogen and oxygen atoms in total. The van der Waals surface area contributed by atoms with E-state index >= 15 is 0 Å². The van der Waals surface area contributed by atoms with Crippen molar-refractivity contribution in [3.05, 3.63) is 58.4 Å². The Morgan fingerprint density at radius 1 is 1.12 bits per heavy atom. The average Bonchev–Trinajstić information content (AvgIpc) is 3.28. The van der Waals surface area contributed by atoms with Gasteiger partial charge in [-0.05, 0) is 55.3 Å². The zero-order valence-corrected chi connectivity index (χ0v) is 19.8. The number of carbonyl (C=O) groups is 1. The second-order valence-electron chi connectivity index (χ2n) is 7.33. The summed E-state index contributed by atoms with van der Waals surface area (Å²) in [6.07, 6.45) is 2.69. The summed E-state index contributed by atoms with van der Waals surface area (Å²) in [5, 5.41) is 5.11. The van der Waals surface area contributed by atoms with Crippen LogP contribution in [0.4, 0.5) is 5.13 Å². The van der Waals surface area contributed by atoms with E-state index in [9.17, 15) is 13.2 Å². The maximum atomic E-state index is 13.0. The molecule has 0 unspecified atom stereocenters. The van der Waals surface area contributed by atoms with Crippen LogP contribution in [0.25, 0.3) is 11.3 Å². The third-order valence-corrected chi connectivity index (χ3v) is 8.23. The minimum absolute atomic E-state index is 0.0620. The molecule has 1 saturated heterocycles. The Hall–Kier alpha value is -2.46. The quantitative estimate of drug-likeness (QED) is 0.529. The number of benzene rings is 2. The topological polar surface area (TPSA) is 88.6 Å². The van der Waals surface area contributed by atoms with Crippen LogP contribution in [-0.2, 0) is 10.0 Å². The summed E-state index contributed by atoms with van der Waals surface area (Å²) in [6, 6.07) is 11.6. The van der Waals surface area contributed by atoms with Gasteiger partial charge in [0.05, 0.1) is 28.3 Å². The number of thiazole rings is 1. The van der Waals surface area contributed by atoms with E-state index in [-0.39, 0.29) is 15.5 Å². The standard InChI is InChI=1S/C22H22ClN3O4S2/c1-30-16-7-5-15(6-8-16)20-14-31-22(24-20)25-21(27)18-13-17(9-10-19(18)23)32(28,29)26-11-3-2-4-12-26/h5-10,13-14H,2-4,11-12H2,1H3,(H,24,25,27). The average molecular weight is 492 g/mol. The summed E-state index contributed by atoms with van der Waals surface area (Å²) in [7, 11) is -2.07. The van der Waals surface area contributed by atoms with Gasteiger partial charge in [0.25, 0.3) is 5.91 Å². The number of hydrogen-bond acceptors (Lipinski definition) is 6. The van der Waals surface area contributed by atoms with E-state index in [1.165, 1.54) is 33.8 Å². The zero-order chi connectivity index (χ0) is 22.7. The highest BCUT2D eigenvalue weighted by molar-refractivity contribution is 7.89. The first-order chi connectivity index (χ1) is 15.4. The molecule has 1 N–H and O–H groups in total. The number of piperidine rings is 1. The van der Waals surface area contributed by atoms with Gasteiger partial charge in [0.1, 0.15) is 5.75 Å². The Balaban J connectivity index is 1.53. The third-order valence-electron chi connectivity index (χ3n) is 5.25. The van der Waals surface area contributed by atoms with Gasteiger partial charge in [-0.15, -0.1) is 11.3 Å². The van der Waals surface area contributed by atoms with Crippen LogP contribution in [0.2, 0.25) is 5.02 Å². The van der Waals surface area contributed by atoms with Gasteiger partial charge in [-0.3, -0.25) is 10.1 Å². The Kier molecular flexibility index (Phi) is 6.80. The van der Waals surface area contributed by atoms with E-state index in [0.717, 1.165) is 30.6 Å². The third kappa shape index (κ3) is 4.80. The van der Waals surface area contributed by atoms with Gasteiger partial charge in [0.15, 0.2) is 5.13 Å². The molecule has 0 bridgehead atoms. The van der Waals surface area contributed by atoms with Crippen LogP contribution in [0.5, 0.6) is 5.75 Å². The summed E-state index contributed by atoms with van der Waals surface area (Å²) in [5.41, 5.74) is 1.68. The van der Waals surface area contributed by atoms with Gasteiger partial charge >= 0.3 is 0 Å². The number of amides is 1. The maximum Gasteiger partial charge on any atom is 0.259 e. The van der Waals surface area contributed by atoms with E-state index in [1.807, 2.05) is 29.6 Å². The number of hydrogen-bond donors (Lipinski definition) is 1. The van der Waals surface area contributed by atoms with Crippen molar-refractivity contribution >= 4 is 44.0 Å². The van der Waals surface area contributed by atoms with Crippen molar-refractivity contribution in [3.8, 4) is 17.0 Å². The monoisotopic (exact) mass is 491 g/mol. The number of anilines is 1. The van der Waals surface area contributed by atoms with Gasteiger partial charge in [-0.1, -0.05) is 18.0 Å². The van der Waals surface area contributed by atoms with Crippen molar-refractivity contribution in [1.82, 2.24) is 9.29 Å². The van der Waals surface area contributed by atoms with E-state index in [4.69, 9.17) is 16.3 Å². The lowest BCUT2D eigenvalue weighted by Crippen LogP contribution is -2.35. The molecule has 0 aliphatic carbocycles. The van der Waals surface area contributed by atoms with Crippen LogP contribution in [0.15, 0.2) is 52.7 Å². The fraction of sp³-hybridized carbons (Fsp3) is 0.273. The molecule has 0 spiro atoms. The number of nitrogens with zero attached hydrogens (tertiary/aromatic N) is 2. The predicted octanol–water partition coefficient (Wildman–Crippen LogP) is 4.90. The second kappa shape index (κ2) is 9.58. The summed E-state index contributed by atoms with van der Waals surface area (Å²) in [6.45, 7) is 0.972. The highest BCUT2D eigenvalue weighted by Crippen LogP contribution is 2.29. The van der Waals surface area contributed by atoms with Gasteiger partial charge in [-0.2, -0.15) is 4.31 Å². The summed E-state index contributed by atoms with van der Waals surface area (Å²) in [5.74, 6) is 0.230. The molecule has 0 atom stereocenters. The maximum absolute atomic E-state index is 13.0. The summed E-state index contributed by atoms with van der Waals surface area (Å²) < 4.78 is 32.6. The predicted molar refractivity (Wildman–Crippen MR) is 126 cm³/mol. The van der Waals surface area contributed by atoms with Crippen molar-refractivity contribution in [2.75, 3.05) is 25.5 Å². The summed E-state index contributed by atoms with van der Waals surface area (Å²) >= 11 is 7.50. The number of methoxy groups -OCH3 is 1. The van der Waals surface area contributed by atoms with E-state index in [2.05, 4.69) is 10.3 Å².